The van der Waals surface area contributed by atoms with Crippen molar-refractivity contribution in [2.24, 2.45) is 29.6 Å². The van der Waals surface area contributed by atoms with Gasteiger partial charge in [-0.3, -0.25) is 34.3 Å². The van der Waals surface area contributed by atoms with Gasteiger partial charge in [-0.1, -0.05) is 47.0 Å². The molecule has 0 bridgehead atoms. The third kappa shape index (κ3) is 5.58. The minimum absolute atomic E-state index is 0.0384. The second-order valence-electron chi connectivity index (χ2n) is 15.1. The van der Waals surface area contributed by atoms with Crippen molar-refractivity contribution < 1.29 is 38.6 Å². The summed E-state index contributed by atoms with van der Waals surface area (Å²) in [6.45, 7) is 1.44. The van der Waals surface area contributed by atoms with Crippen LogP contribution in [0.5, 0.6) is 17.2 Å². The summed E-state index contributed by atoms with van der Waals surface area (Å²) in [6.07, 6.45) is 4.13. The molecule has 288 valence electrons. The van der Waals surface area contributed by atoms with Crippen LogP contribution in [0.3, 0.4) is 0 Å². The normalized spacial score (nSPS) is 26.1. The second-order valence-corrected chi connectivity index (χ2v) is 16.0. The Hall–Kier alpha value is -5.91. The lowest BCUT2D eigenvalue weighted by molar-refractivity contribution is -0.139. The summed E-state index contributed by atoms with van der Waals surface area (Å²) < 4.78 is 11.7. The maximum absolute atomic E-state index is 15.5. The standard InChI is InChI=1S/C44H35Cl2N3O8/c1-22(50)23-3-8-28(9-4-23)48-40(52)32-14-13-31-33(38(32)42(48)54)20-34-41(53)49(47-36-15-7-27(45)19-35(36)46)43(55)44(34,26-5-11-30(56-2)12-6-26)39(31)25-17-24-18-29(51)10-16-37(24)57-21-25/h3-13,15-16,18-19,21,32-34,38-39,47,51H,14,17,20H2,1-2H3. The van der Waals surface area contributed by atoms with Gasteiger partial charge in [-0.2, -0.15) is 5.01 Å². The summed E-state index contributed by atoms with van der Waals surface area (Å²) in [7, 11) is 1.54. The Bertz CT molecular complexity index is 2480. The first kappa shape index (κ1) is 36.7. The molecule has 6 unspecified atom stereocenters. The van der Waals surface area contributed by atoms with Gasteiger partial charge in [0.1, 0.15) is 17.2 Å². The second kappa shape index (κ2) is 13.6. The Labute approximate surface area is 337 Å². The van der Waals surface area contributed by atoms with E-state index in [-0.39, 0.29) is 47.4 Å². The number of allylic oxidation sites excluding steroid dienone is 3. The molecule has 11 nitrogen and oxygen atoms in total. The molecule has 57 heavy (non-hydrogen) atoms. The maximum Gasteiger partial charge on any atom is 0.260 e. The van der Waals surface area contributed by atoms with Gasteiger partial charge < -0.3 is 14.6 Å². The van der Waals surface area contributed by atoms with E-state index in [1.54, 1.807) is 79.1 Å². The van der Waals surface area contributed by atoms with Crippen LogP contribution >= 0.6 is 23.2 Å². The number of amides is 4. The number of imide groups is 2. The number of halogens is 2. The molecule has 0 spiro atoms. The largest absolute Gasteiger partial charge is 0.508 e. The zero-order valence-corrected chi connectivity index (χ0v) is 32.2. The molecule has 0 aromatic heterocycles. The van der Waals surface area contributed by atoms with E-state index in [0.29, 0.717) is 44.5 Å². The summed E-state index contributed by atoms with van der Waals surface area (Å²) in [5.74, 6) is -4.88. The Kier molecular flexibility index (Phi) is 8.78. The smallest absolute Gasteiger partial charge is 0.260 e. The number of hydrogen-bond donors (Lipinski definition) is 2. The van der Waals surface area contributed by atoms with Gasteiger partial charge in [-0.15, -0.1) is 0 Å². The number of phenols is 1. The number of hydrogen-bond acceptors (Lipinski definition) is 9. The first-order valence-electron chi connectivity index (χ1n) is 18.5. The van der Waals surface area contributed by atoms with Crippen molar-refractivity contribution in [2.45, 2.75) is 31.6 Å². The van der Waals surface area contributed by atoms with Gasteiger partial charge in [0.05, 0.1) is 52.9 Å². The van der Waals surface area contributed by atoms with E-state index in [1.807, 2.05) is 6.08 Å². The molecule has 13 heteroatoms. The molecule has 2 aliphatic carbocycles. The molecule has 1 saturated carbocycles. The van der Waals surface area contributed by atoms with Crippen LogP contribution < -0.4 is 19.8 Å². The van der Waals surface area contributed by atoms with Crippen LogP contribution in [-0.2, 0) is 31.0 Å². The van der Waals surface area contributed by atoms with Gasteiger partial charge in [0.2, 0.25) is 11.8 Å². The SMILES string of the molecule is COc1ccc(C23C(=O)N(Nc4ccc(Cl)cc4Cl)C(=O)C2CC2C(=CCC4C(=O)N(c5ccc(C(C)=O)cc5)C(=O)C42)C3C2=COc3ccc(O)cc3C2)cc1. The molecule has 5 aliphatic rings. The Balaban J connectivity index is 1.22. The van der Waals surface area contributed by atoms with Gasteiger partial charge >= 0.3 is 0 Å². The van der Waals surface area contributed by atoms with Crippen molar-refractivity contribution in [3.8, 4) is 17.2 Å². The van der Waals surface area contributed by atoms with E-state index in [4.69, 9.17) is 32.7 Å². The number of rotatable bonds is 7. The monoisotopic (exact) mass is 803 g/mol. The van der Waals surface area contributed by atoms with Gasteiger partial charge in [-0.25, -0.2) is 0 Å². The molecule has 3 heterocycles. The maximum atomic E-state index is 15.5. The molecule has 2 N–H and O–H groups in total. The molecule has 6 atom stereocenters. The molecule has 3 aliphatic heterocycles. The molecule has 3 fully saturated rings. The molecule has 0 radical (unpaired) electrons. The number of fused-ring (bicyclic) bond motifs is 5. The van der Waals surface area contributed by atoms with E-state index in [1.165, 1.54) is 31.1 Å². The number of carbonyl (C=O) groups excluding carboxylic acids is 5. The molecule has 2 saturated heterocycles. The van der Waals surface area contributed by atoms with Crippen LogP contribution in [0.4, 0.5) is 11.4 Å². The van der Waals surface area contributed by atoms with Crippen molar-refractivity contribution in [3.63, 3.8) is 0 Å². The highest BCUT2D eigenvalue weighted by atomic mass is 35.5. The fraction of sp³-hybridized carbons (Fsp3) is 0.250. The van der Waals surface area contributed by atoms with Crippen molar-refractivity contribution in [1.29, 1.82) is 0 Å². The van der Waals surface area contributed by atoms with E-state index < -0.39 is 52.7 Å². The topological polar surface area (TPSA) is 143 Å². The summed E-state index contributed by atoms with van der Waals surface area (Å²) in [6, 6.07) is 22.9. The molecule has 9 rings (SSSR count). The number of aromatic hydroxyl groups is 1. The predicted molar refractivity (Wildman–Crippen MR) is 211 cm³/mol. The summed E-state index contributed by atoms with van der Waals surface area (Å²) in [5.41, 5.74) is 5.16. The highest BCUT2D eigenvalue weighted by Crippen LogP contribution is 2.63. The fourth-order valence-corrected chi connectivity index (χ4v) is 10.2. The van der Waals surface area contributed by atoms with E-state index in [9.17, 15) is 19.5 Å². The lowest BCUT2D eigenvalue weighted by atomic mass is 9.48. The van der Waals surface area contributed by atoms with Crippen molar-refractivity contribution in [1.82, 2.24) is 5.01 Å². The Morgan fingerprint density at radius 1 is 0.912 bits per heavy atom. The van der Waals surface area contributed by atoms with E-state index in [0.717, 1.165) is 10.6 Å². The van der Waals surface area contributed by atoms with Crippen molar-refractivity contribution in [3.05, 3.63) is 135 Å². The Morgan fingerprint density at radius 3 is 2.37 bits per heavy atom. The predicted octanol–water partition coefficient (Wildman–Crippen LogP) is 7.45. The number of anilines is 2. The van der Waals surface area contributed by atoms with Gasteiger partial charge in [0, 0.05) is 28.5 Å². The number of carbonyl (C=O) groups is 5. The molecular weight excluding hydrogens is 769 g/mol. The van der Waals surface area contributed by atoms with Gasteiger partial charge in [0.15, 0.2) is 5.78 Å². The minimum atomic E-state index is -1.57. The molecule has 4 aromatic rings. The van der Waals surface area contributed by atoms with Crippen LogP contribution in [0.1, 0.15) is 41.3 Å². The number of Topliss-reactive ketones (excluding diaryl/α,β-unsaturated/α-hetero) is 1. The van der Waals surface area contributed by atoms with Gasteiger partial charge in [-0.05, 0) is 110 Å². The summed E-state index contributed by atoms with van der Waals surface area (Å²) in [5, 5.41) is 12.1. The quantitative estimate of drug-likeness (QED) is 0.111. The lowest BCUT2D eigenvalue weighted by Gasteiger charge is -2.51. The highest BCUT2D eigenvalue weighted by molar-refractivity contribution is 6.36. The number of phenolic OH excluding ortho intramolecular Hbond substituents is 1. The van der Waals surface area contributed by atoms with Crippen LogP contribution in [0.15, 0.2) is 108 Å². The number of hydrazine groups is 1. The number of nitrogens with one attached hydrogen (secondary N) is 1. The van der Waals surface area contributed by atoms with Crippen LogP contribution in [0.25, 0.3) is 0 Å². The molecular formula is C44H35Cl2N3O8. The van der Waals surface area contributed by atoms with E-state index >= 15 is 9.59 Å². The lowest BCUT2D eigenvalue weighted by Crippen LogP contribution is -2.55. The number of benzene rings is 4. The molecule has 4 aromatic carbocycles. The Morgan fingerprint density at radius 2 is 1.67 bits per heavy atom. The number of methoxy groups -OCH3 is 1. The average Bonchev–Trinajstić information content (AvgIpc) is 3.59. The van der Waals surface area contributed by atoms with E-state index in [2.05, 4.69) is 5.43 Å². The zero-order valence-electron chi connectivity index (χ0n) is 30.7. The summed E-state index contributed by atoms with van der Waals surface area (Å²) >= 11 is 12.8. The number of ether oxygens (including phenoxy) is 2. The zero-order chi connectivity index (χ0) is 39.9. The van der Waals surface area contributed by atoms with Crippen LogP contribution in [0.2, 0.25) is 10.0 Å². The van der Waals surface area contributed by atoms with Gasteiger partial charge in [0.25, 0.3) is 11.8 Å². The average molecular weight is 805 g/mol. The highest BCUT2D eigenvalue weighted by Gasteiger charge is 2.71. The summed E-state index contributed by atoms with van der Waals surface area (Å²) in [4.78, 5) is 72.6. The van der Waals surface area contributed by atoms with Crippen LogP contribution in [-0.4, -0.2) is 46.6 Å². The minimum Gasteiger partial charge on any atom is -0.508 e. The third-order valence-corrected chi connectivity index (χ3v) is 12.8. The first-order chi connectivity index (χ1) is 27.4. The number of ketones is 1. The van der Waals surface area contributed by atoms with Crippen LogP contribution in [0, 0.1) is 29.6 Å². The molecule has 4 amide bonds. The third-order valence-electron chi connectivity index (χ3n) is 12.3. The van der Waals surface area contributed by atoms with Crippen molar-refractivity contribution in [2.75, 3.05) is 17.4 Å². The fourth-order valence-electron chi connectivity index (χ4n) is 9.76. The van der Waals surface area contributed by atoms with Crippen molar-refractivity contribution >= 4 is 64.0 Å². The number of nitrogens with zero attached hydrogens (tertiary/aromatic N) is 2. The first-order valence-corrected chi connectivity index (χ1v) is 19.3.